The summed E-state index contributed by atoms with van der Waals surface area (Å²) in [6.07, 6.45) is 2.16. The Morgan fingerprint density at radius 1 is 1.53 bits per heavy atom. The van der Waals surface area contributed by atoms with Crippen LogP contribution in [0.2, 0.25) is 5.02 Å². The van der Waals surface area contributed by atoms with Gasteiger partial charge in [-0.2, -0.15) is 0 Å². The van der Waals surface area contributed by atoms with Crippen LogP contribution in [0.25, 0.3) is 0 Å². The average molecular weight is 318 g/mol. The maximum Gasteiger partial charge on any atom is 0.0462 e. The summed E-state index contributed by atoms with van der Waals surface area (Å²) < 4.78 is 1.03. The standard InChI is InChI=1S/C13H18BrClN2/c1-9-6-12(16)4-5-17(9)8-10-2-3-11(14)7-13(10)15/h2-3,7,9,12H,4-6,8,16H2,1H3. The van der Waals surface area contributed by atoms with Gasteiger partial charge in [-0.3, -0.25) is 4.90 Å². The molecule has 1 aromatic carbocycles. The van der Waals surface area contributed by atoms with Crippen LogP contribution in [0.4, 0.5) is 0 Å². The van der Waals surface area contributed by atoms with Crippen LogP contribution in [-0.4, -0.2) is 23.5 Å². The molecule has 4 heteroatoms. The number of likely N-dealkylation sites (tertiary alicyclic amines) is 1. The van der Waals surface area contributed by atoms with Crippen LogP contribution < -0.4 is 5.73 Å². The lowest BCUT2D eigenvalue weighted by atomic mass is 9.98. The van der Waals surface area contributed by atoms with Crippen molar-refractivity contribution in [3.8, 4) is 0 Å². The fourth-order valence-corrected chi connectivity index (χ4v) is 3.09. The first kappa shape index (κ1) is 13.3. The summed E-state index contributed by atoms with van der Waals surface area (Å²) in [5.41, 5.74) is 7.16. The van der Waals surface area contributed by atoms with E-state index in [9.17, 15) is 0 Å². The largest absolute Gasteiger partial charge is 0.328 e. The van der Waals surface area contributed by atoms with Crippen molar-refractivity contribution in [2.45, 2.75) is 38.4 Å². The smallest absolute Gasteiger partial charge is 0.0462 e. The summed E-state index contributed by atoms with van der Waals surface area (Å²) in [5, 5.41) is 0.835. The molecule has 0 saturated carbocycles. The number of hydrogen-bond acceptors (Lipinski definition) is 2. The molecule has 17 heavy (non-hydrogen) atoms. The maximum absolute atomic E-state index is 6.24. The fraction of sp³-hybridized carbons (Fsp3) is 0.538. The van der Waals surface area contributed by atoms with Crippen molar-refractivity contribution >= 4 is 27.5 Å². The van der Waals surface area contributed by atoms with E-state index in [2.05, 4.69) is 33.8 Å². The molecular weight excluding hydrogens is 300 g/mol. The van der Waals surface area contributed by atoms with E-state index in [-0.39, 0.29) is 0 Å². The van der Waals surface area contributed by atoms with Gasteiger partial charge >= 0.3 is 0 Å². The summed E-state index contributed by atoms with van der Waals surface area (Å²) in [4.78, 5) is 2.46. The SMILES string of the molecule is CC1CC(N)CCN1Cc1ccc(Br)cc1Cl. The predicted molar refractivity (Wildman–Crippen MR) is 76.2 cm³/mol. The molecule has 0 spiro atoms. The van der Waals surface area contributed by atoms with Crippen LogP contribution in [0, 0.1) is 0 Å². The third-order valence-corrected chi connectivity index (χ3v) is 4.29. The molecule has 0 aromatic heterocycles. The molecule has 2 nitrogen and oxygen atoms in total. The quantitative estimate of drug-likeness (QED) is 0.905. The van der Waals surface area contributed by atoms with Crippen molar-refractivity contribution in [1.29, 1.82) is 0 Å². The molecule has 1 saturated heterocycles. The molecule has 0 radical (unpaired) electrons. The van der Waals surface area contributed by atoms with Gasteiger partial charge in [0, 0.05) is 34.7 Å². The lowest BCUT2D eigenvalue weighted by molar-refractivity contribution is 0.140. The summed E-state index contributed by atoms with van der Waals surface area (Å²) in [5.74, 6) is 0. The van der Waals surface area contributed by atoms with E-state index in [0.29, 0.717) is 12.1 Å². The van der Waals surface area contributed by atoms with Gasteiger partial charge in [-0.15, -0.1) is 0 Å². The Bertz CT molecular complexity index is 397. The molecule has 0 bridgehead atoms. The summed E-state index contributed by atoms with van der Waals surface area (Å²) >= 11 is 9.67. The number of nitrogens with zero attached hydrogens (tertiary/aromatic N) is 1. The Kier molecular flexibility index (Phi) is 4.47. The number of piperidine rings is 1. The highest BCUT2D eigenvalue weighted by Crippen LogP contribution is 2.25. The minimum absolute atomic E-state index is 0.363. The van der Waals surface area contributed by atoms with Gasteiger partial charge in [-0.1, -0.05) is 33.6 Å². The van der Waals surface area contributed by atoms with E-state index in [1.165, 1.54) is 5.56 Å². The molecule has 2 unspecified atom stereocenters. The molecule has 94 valence electrons. The number of rotatable bonds is 2. The highest BCUT2D eigenvalue weighted by molar-refractivity contribution is 9.10. The van der Waals surface area contributed by atoms with E-state index in [4.69, 9.17) is 17.3 Å². The molecule has 1 aliphatic heterocycles. The van der Waals surface area contributed by atoms with E-state index in [0.717, 1.165) is 35.4 Å². The van der Waals surface area contributed by atoms with E-state index in [1.54, 1.807) is 0 Å². The van der Waals surface area contributed by atoms with Crippen LogP contribution in [0.5, 0.6) is 0 Å². The van der Waals surface area contributed by atoms with Crippen LogP contribution in [0.3, 0.4) is 0 Å². The zero-order valence-electron chi connectivity index (χ0n) is 10.00. The molecule has 0 amide bonds. The maximum atomic E-state index is 6.24. The van der Waals surface area contributed by atoms with Crippen molar-refractivity contribution in [3.63, 3.8) is 0 Å². The van der Waals surface area contributed by atoms with Gasteiger partial charge in [0.25, 0.3) is 0 Å². The number of hydrogen-bond donors (Lipinski definition) is 1. The molecule has 1 aromatic rings. The van der Waals surface area contributed by atoms with Crippen molar-refractivity contribution in [3.05, 3.63) is 33.3 Å². The van der Waals surface area contributed by atoms with Crippen molar-refractivity contribution in [1.82, 2.24) is 4.90 Å². The first-order valence-corrected chi connectivity index (χ1v) is 7.17. The molecule has 1 aliphatic rings. The molecule has 2 N–H and O–H groups in total. The Morgan fingerprint density at radius 3 is 2.94 bits per heavy atom. The lowest BCUT2D eigenvalue weighted by Crippen LogP contribution is -2.44. The minimum atomic E-state index is 0.363. The van der Waals surface area contributed by atoms with Gasteiger partial charge < -0.3 is 5.73 Å². The van der Waals surface area contributed by atoms with E-state index in [1.807, 2.05) is 12.1 Å². The summed E-state index contributed by atoms with van der Waals surface area (Å²) in [7, 11) is 0. The van der Waals surface area contributed by atoms with Crippen LogP contribution in [0.1, 0.15) is 25.3 Å². The van der Waals surface area contributed by atoms with Crippen molar-refractivity contribution in [2.75, 3.05) is 6.54 Å². The molecule has 2 rings (SSSR count). The van der Waals surface area contributed by atoms with Crippen LogP contribution in [0.15, 0.2) is 22.7 Å². The van der Waals surface area contributed by atoms with Crippen molar-refractivity contribution in [2.24, 2.45) is 5.73 Å². The second-order valence-corrected chi connectivity index (χ2v) is 6.16. The number of nitrogens with two attached hydrogens (primary N) is 1. The zero-order valence-corrected chi connectivity index (χ0v) is 12.3. The number of halogens is 2. The second-order valence-electron chi connectivity index (χ2n) is 4.84. The van der Waals surface area contributed by atoms with Crippen molar-refractivity contribution < 1.29 is 0 Å². The topological polar surface area (TPSA) is 29.3 Å². The Hall–Kier alpha value is -0.0900. The molecule has 2 atom stereocenters. The third-order valence-electron chi connectivity index (χ3n) is 3.44. The summed E-state index contributed by atoms with van der Waals surface area (Å²) in [6, 6.07) is 6.99. The second kappa shape index (κ2) is 5.70. The van der Waals surface area contributed by atoms with Gasteiger partial charge in [0.2, 0.25) is 0 Å². The number of benzene rings is 1. The molecular formula is C13H18BrClN2. The monoisotopic (exact) mass is 316 g/mol. The molecule has 0 aliphatic carbocycles. The van der Waals surface area contributed by atoms with Gasteiger partial charge in [0.15, 0.2) is 0 Å². The average Bonchev–Trinajstić information content (AvgIpc) is 2.25. The lowest BCUT2D eigenvalue weighted by Gasteiger charge is -2.36. The zero-order chi connectivity index (χ0) is 12.4. The Balaban J connectivity index is 2.05. The normalized spacial score (nSPS) is 26.1. The highest BCUT2D eigenvalue weighted by Gasteiger charge is 2.23. The minimum Gasteiger partial charge on any atom is -0.328 e. The van der Waals surface area contributed by atoms with Gasteiger partial charge in [-0.05, 0) is 37.5 Å². The third kappa shape index (κ3) is 3.44. The first-order chi connectivity index (χ1) is 8.06. The van der Waals surface area contributed by atoms with E-state index < -0.39 is 0 Å². The Labute approximate surface area is 116 Å². The predicted octanol–water partition coefficient (Wildman–Crippen LogP) is 3.41. The van der Waals surface area contributed by atoms with Gasteiger partial charge in [0.05, 0.1) is 0 Å². The van der Waals surface area contributed by atoms with Crippen LogP contribution >= 0.6 is 27.5 Å². The highest BCUT2D eigenvalue weighted by atomic mass is 79.9. The molecule has 1 heterocycles. The first-order valence-electron chi connectivity index (χ1n) is 6.00. The van der Waals surface area contributed by atoms with Gasteiger partial charge in [0.1, 0.15) is 0 Å². The van der Waals surface area contributed by atoms with Crippen LogP contribution in [-0.2, 0) is 6.54 Å². The van der Waals surface area contributed by atoms with E-state index >= 15 is 0 Å². The Morgan fingerprint density at radius 2 is 2.29 bits per heavy atom. The summed E-state index contributed by atoms with van der Waals surface area (Å²) in [6.45, 7) is 4.22. The fourth-order valence-electron chi connectivity index (χ4n) is 2.36. The molecule has 1 fully saturated rings. The van der Waals surface area contributed by atoms with Gasteiger partial charge in [-0.25, -0.2) is 0 Å².